The van der Waals surface area contributed by atoms with E-state index in [1.165, 1.54) is 0 Å². The number of H-pyrrole nitrogens is 1. The lowest BCUT2D eigenvalue weighted by molar-refractivity contribution is 0.380. The third-order valence-corrected chi connectivity index (χ3v) is 5.59. The fraction of sp³-hybridized carbons (Fsp3) is 0.360. The highest BCUT2D eigenvalue weighted by atomic mass is 16.1. The van der Waals surface area contributed by atoms with Crippen LogP contribution in [-0.2, 0) is 17.5 Å². The zero-order valence-corrected chi connectivity index (χ0v) is 19.5. The van der Waals surface area contributed by atoms with Crippen molar-refractivity contribution in [2.45, 2.75) is 59.0 Å². The molecule has 4 aromatic rings. The molecule has 4 rings (SSSR count). The predicted octanol–water partition coefficient (Wildman–Crippen LogP) is 4.60. The number of nitrogens with zero attached hydrogens (tertiary/aromatic N) is 5. The molecule has 166 valence electrons. The minimum absolute atomic E-state index is 0.0222. The number of tetrazole rings is 1. The van der Waals surface area contributed by atoms with Crippen LogP contribution in [0, 0.1) is 0 Å². The molecule has 0 atom stereocenters. The van der Waals surface area contributed by atoms with Crippen LogP contribution in [-0.4, -0.2) is 29.8 Å². The average Bonchev–Trinajstić information content (AvgIpc) is 3.37. The van der Waals surface area contributed by atoms with Gasteiger partial charge in [0.25, 0.3) is 0 Å². The lowest BCUT2D eigenvalue weighted by atomic mass is 9.92. The molecule has 1 N–H and O–H groups in total. The van der Waals surface area contributed by atoms with Crippen LogP contribution in [0.2, 0.25) is 0 Å². The van der Waals surface area contributed by atoms with Crippen molar-refractivity contribution in [1.29, 1.82) is 0 Å². The number of hydrogen-bond donors (Lipinski definition) is 1. The first kappa shape index (κ1) is 21.7. The van der Waals surface area contributed by atoms with E-state index in [1.807, 2.05) is 39.6 Å². The third-order valence-electron chi connectivity index (χ3n) is 5.59. The quantitative estimate of drug-likeness (QED) is 0.513. The first-order valence-electron chi connectivity index (χ1n) is 10.8. The van der Waals surface area contributed by atoms with Crippen molar-refractivity contribution < 1.29 is 0 Å². The van der Waals surface area contributed by atoms with Gasteiger partial charge in [-0.2, -0.15) is 5.21 Å². The molecule has 0 saturated heterocycles. The van der Waals surface area contributed by atoms with Crippen molar-refractivity contribution in [3.05, 3.63) is 76.5 Å². The van der Waals surface area contributed by atoms with E-state index in [4.69, 9.17) is 0 Å². The summed E-state index contributed by atoms with van der Waals surface area (Å²) in [5.41, 5.74) is 4.73. The van der Waals surface area contributed by atoms with Crippen LogP contribution in [0.1, 0.15) is 52.8 Å². The van der Waals surface area contributed by atoms with Crippen LogP contribution in [0.5, 0.6) is 0 Å². The van der Waals surface area contributed by atoms with Crippen molar-refractivity contribution in [2.24, 2.45) is 0 Å². The Labute approximate surface area is 188 Å². The summed E-state index contributed by atoms with van der Waals surface area (Å²) in [6, 6.07) is 16.3. The number of rotatable bonds is 4. The van der Waals surface area contributed by atoms with E-state index in [9.17, 15) is 4.79 Å². The van der Waals surface area contributed by atoms with Gasteiger partial charge in [-0.3, -0.25) is 9.13 Å². The molecule has 0 amide bonds. The molecule has 32 heavy (non-hydrogen) atoms. The SMILES string of the molecule is CC(C)(C)c1cn(C(C)(C)C)c(=O)n1Cc1ccc(-c2ccccc2-c2nn[nH]n2)cc1. The van der Waals surface area contributed by atoms with Gasteiger partial charge in [0.1, 0.15) is 0 Å². The first-order valence-corrected chi connectivity index (χ1v) is 10.8. The summed E-state index contributed by atoms with van der Waals surface area (Å²) in [6.45, 7) is 13.1. The number of aromatic amines is 1. The Kier molecular flexibility index (Phi) is 5.36. The Morgan fingerprint density at radius 3 is 2.12 bits per heavy atom. The molecule has 0 radical (unpaired) electrons. The van der Waals surface area contributed by atoms with E-state index >= 15 is 0 Å². The zero-order valence-electron chi connectivity index (χ0n) is 19.5. The van der Waals surface area contributed by atoms with Crippen LogP contribution in [0.4, 0.5) is 0 Å². The smallest absolute Gasteiger partial charge is 0.294 e. The highest BCUT2D eigenvalue weighted by Crippen LogP contribution is 2.30. The standard InChI is InChI=1S/C25H30N6O/c1-24(2,3)21-16-31(25(4,5)6)23(32)30(21)15-17-11-13-18(14-12-17)19-9-7-8-10-20(19)22-26-28-29-27-22/h7-14,16H,15H2,1-6H3,(H,26,27,28,29). The molecular formula is C25H30N6O. The largest absolute Gasteiger partial charge is 0.329 e. The van der Waals surface area contributed by atoms with Crippen molar-refractivity contribution >= 4 is 0 Å². The Morgan fingerprint density at radius 2 is 1.56 bits per heavy atom. The topological polar surface area (TPSA) is 81.4 Å². The van der Waals surface area contributed by atoms with Crippen LogP contribution >= 0.6 is 0 Å². The molecule has 0 aliphatic heterocycles. The molecule has 0 aliphatic carbocycles. The van der Waals surface area contributed by atoms with Gasteiger partial charge in [-0.05, 0) is 42.7 Å². The number of benzene rings is 2. The van der Waals surface area contributed by atoms with Crippen molar-refractivity contribution in [2.75, 3.05) is 0 Å². The molecule has 2 aromatic heterocycles. The highest BCUT2D eigenvalue weighted by Gasteiger charge is 2.26. The van der Waals surface area contributed by atoms with Gasteiger partial charge in [-0.25, -0.2) is 4.79 Å². The molecular weight excluding hydrogens is 400 g/mol. The molecule has 0 saturated carbocycles. The van der Waals surface area contributed by atoms with Gasteiger partial charge in [0.15, 0.2) is 0 Å². The second-order valence-corrected chi connectivity index (χ2v) is 10.2. The zero-order chi connectivity index (χ0) is 23.1. The highest BCUT2D eigenvalue weighted by molar-refractivity contribution is 5.80. The Hall–Kier alpha value is -3.48. The van der Waals surface area contributed by atoms with E-state index in [1.54, 1.807) is 0 Å². The number of hydrogen-bond acceptors (Lipinski definition) is 4. The van der Waals surface area contributed by atoms with Gasteiger partial charge in [0.05, 0.1) is 6.54 Å². The van der Waals surface area contributed by atoms with Crippen molar-refractivity contribution in [3.63, 3.8) is 0 Å². The second-order valence-electron chi connectivity index (χ2n) is 10.2. The summed E-state index contributed by atoms with van der Waals surface area (Å²) < 4.78 is 3.73. The van der Waals surface area contributed by atoms with E-state index < -0.39 is 0 Å². The number of nitrogens with one attached hydrogen (secondary N) is 1. The second kappa shape index (κ2) is 7.89. The lowest BCUT2D eigenvalue weighted by Crippen LogP contribution is -2.35. The Balaban J connectivity index is 1.70. The molecule has 0 unspecified atom stereocenters. The summed E-state index contributed by atoms with van der Waals surface area (Å²) in [5, 5.41) is 14.4. The molecule has 0 aliphatic rings. The normalized spacial score (nSPS) is 12.3. The van der Waals surface area contributed by atoms with E-state index in [0.717, 1.165) is 27.9 Å². The minimum atomic E-state index is -0.273. The maximum Gasteiger partial charge on any atom is 0.329 e. The van der Waals surface area contributed by atoms with Gasteiger partial charge in [0.2, 0.25) is 5.82 Å². The summed E-state index contributed by atoms with van der Waals surface area (Å²) in [4.78, 5) is 13.3. The monoisotopic (exact) mass is 430 g/mol. The first-order chi connectivity index (χ1) is 15.1. The summed E-state index contributed by atoms with van der Waals surface area (Å²) in [7, 11) is 0. The summed E-state index contributed by atoms with van der Waals surface area (Å²) in [5.74, 6) is 0.564. The van der Waals surface area contributed by atoms with Gasteiger partial charge in [0, 0.05) is 28.4 Å². The molecule has 7 nitrogen and oxygen atoms in total. The maximum absolute atomic E-state index is 13.3. The molecule has 2 heterocycles. The molecule has 7 heteroatoms. The van der Waals surface area contributed by atoms with Gasteiger partial charge >= 0.3 is 5.69 Å². The van der Waals surface area contributed by atoms with Crippen molar-refractivity contribution in [3.8, 4) is 22.5 Å². The van der Waals surface area contributed by atoms with E-state index in [0.29, 0.717) is 12.4 Å². The summed E-state index contributed by atoms with van der Waals surface area (Å²) >= 11 is 0. The Morgan fingerprint density at radius 1 is 0.906 bits per heavy atom. The van der Waals surface area contributed by atoms with Crippen LogP contribution in [0.3, 0.4) is 0 Å². The van der Waals surface area contributed by atoms with Gasteiger partial charge in [-0.15, -0.1) is 10.2 Å². The average molecular weight is 431 g/mol. The van der Waals surface area contributed by atoms with Crippen LogP contribution in [0.15, 0.2) is 59.5 Å². The molecule has 0 fully saturated rings. The van der Waals surface area contributed by atoms with Crippen LogP contribution in [0.25, 0.3) is 22.5 Å². The molecule has 2 aromatic carbocycles. The summed E-state index contributed by atoms with van der Waals surface area (Å²) in [6.07, 6.45) is 2.01. The van der Waals surface area contributed by atoms with Crippen molar-refractivity contribution in [1.82, 2.24) is 29.8 Å². The van der Waals surface area contributed by atoms with Crippen LogP contribution < -0.4 is 5.69 Å². The minimum Gasteiger partial charge on any atom is -0.294 e. The molecule has 0 spiro atoms. The third kappa shape index (κ3) is 4.15. The lowest BCUT2D eigenvalue weighted by Gasteiger charge is -2.20. The fourth-order valence-corrected chi connectivity index (χ4v) is 3.89. The van der Waals surface area contributed by atoms with Gasteiger partial charge in [-0.1, -0.05) is 69.3 Å². The van der Waals surface area contributed by atoms with E-state index in [2.05, 4.69) is 86.4 Å². The molecule has 0 bridgehead atoms. The number of aromatic nitrogens is 6. The fourth-order valence-electron chi connectivity index (χ4n) is 3.89. The van der Waals surface area contributed by atoms with E-state index in [-0.39, 0.29) is 16.6 Å². The maximum atomic E-state index is 13.3. The van der Waals surface area contributed by atoms with Gasteiger partial charge < -0.3 is 0 Å². The predicted molar refractivity (Wildman–Crippen MR) is 127 cm³/mol. The Bertz CT molecular complexity index is 1270. The number of imidazole rings is 1.